The molecule has 0 atom stereocenters. The largest absolute Gasteiger partial charge is 0.464 e. The number of nitrogens with zero attached hydrogens (tertiary/aromatic N) is 2. The molecule has 0 radical (unpaired) electrons. The Morgan fingerprint density at radius 3 is 2.88 bits per heavy atom. The molecule has 0 saturated carbocycles. The number of esters is 1. The van der Waals surface area contributed by atoms with Gasteiger partial charge in [-0.25, -0.2) is 9.78 Å². The molecule has 0 bridgehead atoms. The normalized spacial score (nSPS) is 17.8. The summed E-state index contributed by atoms with van der Waals surface area (Å²) in [5.41, 5.74) is 0.314. The lowest BCUT2D eigenvalue weighted by Crippen LogP contribution is -2.44. The first kappa shape index (κ1) is 10.5. The molecule has 1 N–H and O–H groups in total. The number of hydrogen-bond donors (Lipinski definition) is 1. The zero-order valence-electron chi connectivity index (χ0n) is 10.5. The Hall–Kier alpha value is -1.69. The third kappa shape index (κ3) is 2.52. The van der Waals surface area contributed by atoms with Crippen LogP contribution in [-0.4, -0.2) is 44.2 Å². The third-order valence-corrected chi connectivity index (χ3v) is 2.62. The molecule has 6 heteroatoms. The lowest BCUT2D eigenvalue weighted by molar-refractivity contribution is 0.0592. The second-order valence-electron chi connectivity index (χ2n) is 3.66. The van der Waals surface area contributed by atoms with Crippen LogP contribution in [0, 0.1) is 5.95 Å². The quantitative estimate of drug-likeness (QED) is 0.599. The maximum absolute atomic E-state index is 13.8. The van der Waals surface area contributed by atoms with E-state index in [9.17, 15) is 9.18 Å². The maximum atomic E-state index is 13.8. The van der Waals surface area contributed by atoms with E-state index in [1.54, 1.807) is 0 Å². The highest BCUT2D eigenvalue weighted by molar-refractivity contribution is 5.87. The number of halogens is 1. The van der Waals surface area contributed by atoms with Crippen molar-refractivity contribution in [3.8, 4) is 0 Å². The lowest BCUT2D eigenvalue weighted by Gasteiger charge is -2.29. The first-order valence-electron chi connectivity index (χ1n) is 5.80. The topological polar surface area (TPSA) is 54.5 Å². The summed E-state index contributed by atoms with van der Waals surface area (Å²) in [4.78, 5) is 16.6. The molecular formula is C11H14FN3O2. The van der Waals surface area contributed by atoms with Crippen LogP contribution >= 0.6 is 0 Å². The zero-order valence-corrected chi connectivity index (χ0v) is 9.52. The van der Waals surface area contributed by atoms with E-state index in [4.69, 9.17) is 1.41 Å². The minimum Gasteiger partial charge on any atom is -0.464 e. The van der Waals surface area contributed by atoms with E-state index in [1.165, 1.54) is 24.6 Å². The van der Waals surface area contributed by atoms with Gasteiger partial charge in [-0.1, -0.05) is 0 Å². The number of nitrogens with one attached hydrogen (secondary N) is 1. The van der Waals surface area contributed by atoms with Crippen LogP contribution < -0.4 is 10.2 Å². The number of pyridine rings is 1. The first-order valence-corrected chi connectivity index (χ1v) is 5.35. The van der Waals surface area contributed by atoms with Crippen molar-refractivity contribution < 1.29 is 15.3 Å². The number of carbonyl (C=O) groups is 1. The predicted octanol–water partition coefficient (Wildman–Crippen LogP) is 0.417. The summed E-state index contributed by atoms with van der Waals surface area (Å²) in [6.07, 6.45) is 0. The Bertz CT molecular complexity index is 450. The smallest absolute Gasteiger partial charge is 0.356 e. The van der Waals surface area contributed by atoms with Gasteiger partial charge in [0.05, 0.1) is 12.8 Å². The average molecular weight is 240 g/mol. The molecule has 0 aliphatic carbocycles. The molecule has 1 aliphatic rings. The number of rotatable bonds is 2. The summed E-state index contributed by atoms with van der Waals surface area (Å²) >= 11 is 0. The Labute approximate surface area is 100 Å². The fourth-order valence-corrected chi connectivity index (χ4v) is 1.73. The van der Waals surface area contributed by atoms with Gasteiger partial charge in [-0.15, -0.1) is 0 Å². The zero-order chi connectivity index (χ0) is 13.1. The molecule has 0 spiro atoms. The minimum absolute atomic E-state index is 0.0436. The predicted molar refractivity (Wildman–Crippen MR) is 60.6 cm³/mol. The average Bonchev–Trinajstić information content (AvgIpc) is 2.39. The number of hydrogen-bond acceptors (Lipinski definition) is 5. The van der Waals surface area contributed by atoms with Gasteiger partial charge in [-0.05, 0) is 12.1 Å². The Morgan fingerprint density at radius 2 is 2.29 bits per heavy atom. The number of carbonyl (C=O) groups excluding carboxylic acids is 1. The molecule has 5 nitrogen and oxygen atoms in total. The lowest BCUT2D eigenvalue weighted by atomic mass is 10.2. The molecule has 17 heavy (non-hydrogen) atoms. The highest BCUT2D eigenvalue weighted by Gasteiger charge is 2.17. The van der Waals surface area contributed by atoms with Crippen molar-refractivity contribution in [1.29, 1.82) is 0 Å². The molecule has 0 amide bonds. The Morgan fingerprint density at radius 1 is 1.59 bits per heavy atom. The minimum atomic E-state index is -0.684. The van der Waals surface area contributed by atoms with Crippen LogP contribution in [0.3, 0.4) is 0 Å². The van der Waals surface area contributed by atoms with E-state index in [2.05, 4.69) is 9.72 Å². The van der Waals surface area contributed by atoms with Crippen LogP contribution in [0.1, 0.15) is 10.5 Å². The monoisotopic (exact) mass is 240 g/mol. The van der Waals surface area contributed by atoms with Crippen LogP contribution in [-0.2, 0) is 4.74 Å². The second-order valence-corrected chi connectivity index (χ2v) is 3.66. The summed E-state index contributed by atoms with van der Waals surface area (Å²) in [5, 5.41) is 1.44. The molecule has 0 aromatic carbocycles. The van der Waals surface area contributed by atoms with Crippen molar-refractivity contribution >= 4 is 11.7 Å². The highest BCUT2D eigenvalue weighted by Crippen LogP contribution is 2.18. The van der Waals surface area contributed by atoms with Crippen molar-refractivity contribution in [2.45, 2.75) is 0 Å². The summed E-state index contributed by atoms with van der Waals surface area (Å²) < 4.78 is 25.7. The van der Waals surface area contributed by atoms with Crippen LogP contribution in [0.2, 0.25) is 1.41 Å². The number of piperazine rings is 1. The molecule has 2 heterocycles. The van der Waals surface area contributed by atoms with Gasteiger partial charge in [0.15, 0.2) is 5.69 Å². The van der Waals surface area contributed by atoms with E-state index >= 15 is 0 Å². The molecule has 1 aromatic rings. The van der Waals surface area contributed by atoms with Gasteiger partial charge in [-0.3, -0.25) is 0 Å². The SMILES string of the molecule is [2H]N1CCN(c2ccc(C(=O)OC)nc2F)CC1. The maximum Gasteiger partial charge on any atom is 0.356 e. The van der Waals surface area contributed by atoms with Crippen molar-refractivity contribution in [3.63, 3.8) is 0 Å². The van der Waals surface area contributed by atoms with E-state index in [0.29, 0.717) is 31.9 Å². The molecule has 92 valence electrons. The van der Waals surface area contributed by atoms with Crippen LogP contribution in [0.25, 0.3) is 0 Å². The second kappa shape index (κ2) is 5.09. The summed E-state index contributed by atoms with van der Waals surface area (Å²) in [6, 6.07) is 2.96. The van der Waals surface area contributed by atoms with Crippen LogP contribution in [0.5, 0.6) is 0 Å². The molecule has 2 rings (SSSR count). The van der Waals surface area contributed by atoms with Gasteiger partial charge >= 0.3 is 5.97 Å². The van der Waals surface area contributed by atoms with Gasteiger partial charge in [0.25, 0.3) is 0 Å². The van der Waals surface area contributed by atoms with Crippen LogP contribution in [0.4, 0.5) is 10.1 Å². The summed E-state index contributed by atoms with van der Waals surface area (Å²) in [5.74, 6) is -1.34. The van der Waals surface area contributed by atoms with Crippen molar-refractivity contribution in [2.75, 3.05) is 38.2 Å². The standard InChI is InChI=1S/C11H14FN3O2/c1-17-11(16)8-2-3-9(10(12)14-8)15-6-4-13-5-7-15/h2-3,13H,4-7H2,1H3/i/hD. The highest BCUT2D eigenvalue weighted by atomic mass is 19.1. The molecule has 1 aromatic heterocycles. The summed E-state index contributed by atoms with van der Waals surface area (Å²) in [6.45, 7) is 2.25. The van der Waals surface area contributed by atoms with E-state index < -0.39 is 11.9 Å². The van der Waals surface area contributed by atoms with E-state index in [1.807, 2.05) is 4.90 Å². The number of aromatic nitrogens is 1. The Balaban J connectivity index is 2.17. The molecule has 1 saturated heterocycles. The number of anilines is 1. The van der Waals surface area contributed by atoms with E-state index in [0.717, 1.165) is 0 Å². The first-order chi connectivity index (χ1) is 8.61. The molecular weight excluding hydrogens is 225 g/mol. The van der Waals surface area contributed by atoms with Gasteiger partial charge in [-0.2, -0.15) is 4.39 Å². The van der Waals surface area contributed by atoms with Gasteiger partial charge in [0.2, 0.25) is 5.95 Å². The van der Waals surface area contributed by atoms with Gasteiger partial charge in [0.1, 0.15) is 1.41 Å². The summed E-state index contributed by atoms with van der Waals surface area (Å²) in [7, 11) is 1.23. The van der Waals surface area contributed by atoms with E-state index in [-0.39, 0.29) is 5.69 Å². The third-order valence-electron chi connectivity index (χ3n) is 2.62. The van der Waals surface area contributed by atoms with Crippen molar-refractivity contribution in [1.82, 2.24) is 10.3 Å². The van der Waals surface area contributed by atoms with Crippen molar-refractivity contribution in [3.05, 3.63) is 23.8 Å². The fraction of sp³-hybridized carbons (Fsp3) is 0.455. The molecule has 1 aliphatic heterocycles. The van der Waals surface area contributed by atoms with Crippen LogP contribution in [0.15, 0.2) is 12.1 Å². The number of ether oxygens (including phenoxy) is 1. The molecule has 1 fully saturated rings. The van der Waals surface area contributed by atoms with Gasteiger partial charge in [0, 0.05) is 26.2 Å². The number of methoxy groups -OCH3 is 1. The molecule has 0 unspecified atom stereocenters. The Kier molecular flexibility index (Phi) is 3.13. The van der Waals surface area contributed by atoms with Crippen molar-refractivity contribution in [2.24, 2.45) is 0 Å². The fourth-order valence-electron chi connectivity index (χ4n) is 1.73. The van der Waals surface area contributed by atoms with Gasteiger partial charge < -0.3 is 14.9 Å².